The van der Waals surface area contributed by atoms with Crippen molar-refractivity contribution in [1.29, 1.82) is 0 Å². The van der Waals surface area contributed by atoms with E-state index in [9.17, 15) is 9.90 Å². The van der Waals surface area contributed by atoms with Gasteiger partial charge in [-0.3, -0.25) is 4.79 Å². The number of nitrogens with one attached hydrogen (secondary N) is 1. The summed E-state index contributed by atoms with van der Waals surface area (Å²) < 4.78 is 0. The molecule has 0 radical (unpaired) electrons. The molecule has 0 heterocycles. The Kier molecular flexibility index (Phi) is 4.48. The van der Waals surface area contributed by atoms with Crippen LogP contribution in [0.1, 0.15) is 56.0 Å². The summed E-state index contributed by atoms with van der Waals surface area (Å²) in [6.45, 7) is 6.15. The first-order valence-electron chi connectivity index (χ1n) is 7.53. The number of aliphatic hydroxyl groups is 1. The number of rotatable bonds is 5. The minimum atomic E-state index is -0.316. The van der Waals surface area contributed by atoms with Crippen LogP contribution >= 0.6 is 0 Å². The lowest BCUT2D eigenvalue weighted by atomic mass is 9.64. The standard InChI is InChI=1S/C17H25NO2/c1-4-5-6-12-7-9-13(10-8-12)16(20)18-14-11-15(19)17(14,2)3/h7-10,14-15,19H,4-6,11H2,1-3H3,(H,18,20). The average molecular weight is 275 g/mol. The number of carbonyl (C=O) groups excluding carboxylic acids is 1. The van der Waals surface area contributed by atoms with Crippen LogP contribution in [-0.2, 0) is 6.42 Å². The van der Waals surface area contributed by atoms with Gasteiger partial charge in [-0.2, -0.15) is 0 Å². The van der Waals surface area contributed by atoms with E-state index in [0.717, 1.165) is 6.42 Å². The van der Waals surface area contributed by atoms with Crippen molar-refractivity contribution < 1.29 is 9.90 Å². The summed E-state index contributed by atoms with van der Waals surface area (Å²) in [4.78, 5) is 12.2. The third-order valence-electron chi connectivity index (χ3n) is 4.56. The molecule has 2 unspecified atom stereocenters. The van der Waals surface area contributed by atoms with E-state index >= 15 is 0 Å². The number of hydrogen-bond donors (Lipinski definition) is 2. The minimum absolute atomic E-state index is 0.0444. The first-order chi connectivity index (χ1) is 9.45. The zero-order chi connectivity index (χ0) is 14.8. The molecule has 1 fully saturated rings. The molecule has 1 aliphatic carbocycles. The van der Waals surface area contributed by atoms with Gasteiger partial charge in [0.2, 0.25) is 0 Å². The van der Waals surface area contributed by atoms with Crippen molar-refractivity contribution in [3.8, 4) is 0 Å². The Morgan fingerprint density at radius 3 is 2.50 bits per heavy atom. The Bertz CT molecular complexity index is 464. The predicted octanol–water partition coefficient (Wildman–Crippen LogP) is 2.92. The Morgan fingerprint density at radius 1 is 1.35 bits per heavy atom. The SMILES string of the molecule is CCCCc1ccc(C(=O)NC2CC(O)C2(C)C)cc1. The second kappa shape index (κ2) is 5.96. The molecule has 2 atom stereocenters. The van der Waals surface area contributed by atoms with Crippen LogP contribution in [-0.4, -0.2) is 23.2 Å². The van der Waals surface area contributed by atoms with E-state index in [0.29, 0.717) is 12.0 Å². The van der Waals surface area contributed by atoms with Crippen LogP contribution in [0.5, 0.6) is 0 Å². The number of unbranched alkanes of at least 4 members (excludes halogenated alkanes) is 1. The summed E-state index contributed by atoms with van der Waals surface area (Å²) in [5.74, 6) is -0.0444. The monoisotopic (exact) mass is 275 g/mol. The molecule has 3 nitrogen and oxygen atoms in total. The molecule has 1 aliphatic rings. The van der Waals surface area contributed by atoms with Gasteiger partial charge in [-0.1, -0.05) is 39.3 Å². The minimum Gasteiger partial charge on any atom is -0.392 e. The summed E-state index contributed by atoms with van der Waals surface area (Å²) >= 11 is 0. The molecule has 0 aromatic heterocycles. The summed E-state index contributed by atoms with van der Waals surface area (Å²) in [5, 5.41) is 12.7. The molecule has 110 valence electrons. The van der Waals surface area contributed by atoms with Gasteiger partial charge in [-0.15, -0.1) is 0 Å². The van der Waals surface area contributed by atoms with E-state index in [1.54, 1.807) is 0 Å². The van der Waals surface area contributed by atoms with E-state index in [4.69, 9.17) is 0 Å². The van der Waals surface area contributed by atoms with Crippen molar-refractivity contribution in [1.82, 2.24) is 5.32 Å². The zero-order valence-corrected chi connectivity index (χ0v) is 12.6. The third kappa shape index (κ3) is 3.04. The van der Waals surface area contributed by atoms with Crippen LogP contribution in [0.15, 0.2) is 24.3 Å². The first kappa shape index (κ1) is 15.0. The van der Waals surface area contributed by atoms with E-state index < -0.39 is 0 Å². The molecular formula is C17H25NO2. The Labute approximate surface area is 121 Å². The van der Waals surface area contributed by atoms with E-state index in [1.807, 2.05) is 38.1 Å². The molecule has 0 bridgehead atoms. The third-order valence-corrected chi connectivity index (χ3v) is 4.56. The van der Waals surface area contributed by atoms with Crippen molar-refractivity contribution in [2.75, 3.05) is 0 Å². The molecule has 1 aromatic rings. The average Bonchev–Trinajstić information content (AvgIpc) is 2.45. The highest BCUT2D eigenvalue weighted by atomic mass is 16.3. The van der Waals surface area contributed by atoms with Crippen LogP contribution in [0, 0.1) is 5.41 Å². The highest BCUT2D eigenvalue weighted by molar-refractivity contribution is 5.94. The Morgan fingerprint density at radius 2 is 2.00 bits per heavy atom. The van der Waals surface area contributed by atoms with Crippen LogP contribution in [0.4, 0.5) is 0 Å². The van der Waals surface area contributed by atoms with E-state index in [-0.39, 0.29) is 23.5 Å². The zero-order valence-electron chi connectivity index (χ0n) is 12.6. The van der Waals surface area contributed by atoms with Gasteiger partial charge in [-0.05, 0) is 37.0 Å². The van der Waals surface area contributed by atoms with Crippen LogP contribution in [0.25, 0.3) is 0 Å². The highest BCUT2D eigenvalue weighted by Crippen LogP contribution is 2.40. The second-order valence-electron chi connectivity index (χ2n) is 6.40. The Balaban J connectivity index is 1.93. The molecule has 1 aromatic carbocycles. The highest BCUT2D eigenvalue weighted by Gasteiger charge is 2.47. The molecule has 0 saturated heterocycles. The lowest BCUT2D eigenvalue weighted by molar-refractivity contribution is -0.0689. The summed E-state index contributed by atoms with van der Waals surface area (Å²) in [7, 11) is 0. The largest absolute Gasteiger partial charge is 0.392 e. The molecule has 1 saturated carbocycles. The number of aliphatic hydroxyl groups excluding tert-OH is 1. The fraction of sp³-hybridized carbons (Fsp3) is 0.588. The van der Waals surface area contributed by atoms with Crippen LogP contribution in [0.2, 0.25) is 0 Å². The smallest absolute Gasteiger partial charge is 0.251 e. The maximum Gasteiger partial charge on any atom is 0.251 e. The van der Waals surface area contributed by atoms with Gasteiger partial charge in [0.15, 0.2) is 0 Å². The van der Waals surface area contributed by atoms with Gasteiger partial charge in [0, 0.05) is 17.0 Å². The maximum atomic E-state index is 12.2. The van der Waals surface area contributed by atoms with E-state index in [1.165, 1.54) is 18.4 Å². The van der Waals surface area contributed by atoms with Crippen molar-refractivity contribution in [3.05, 3.63) is 35.4 Å². The predicted molar refractivity (Wildman–Crippen MR) is 80.7 cm³/mol. The molecule has 1 amide bonds. The fourth-order valence-electron chi connectivity index (χ4n) is 2.59. The fourth-order valence-corrected chi connectivity index (χ4v) is 2.59. The van der Waals surface area contributed by atoms with Gasteiger partial charge in [0.05, 0.1) is 6.10 Å². The quantitative estimate of drug-likeness (QED) is 0.868. The second-order valence-corrected chi connectivity index (χ2v) is 6.40. The summed E-state index contributed by atoms with van der Waals surface area (Å²) in [6, 6.07) is 7.91. The first-order valence-corrected chi connectivity index (χ1v) is 7.53. The normalized spacial score (nSPS) is 24.0. The number of amides is 1. The number of aryl methyl sites for hydroxylation is 1. The topological polar surface area (TPSA) is 49.3 Å². The van der Waals surface area contributed by atoms with Gasteiger partial charge in [-0.25, -0.2) is 0 Å². The molecule has 20 heavy (non-hydrogen) atoms. The maximum absolute atomic E-state index is 12.2. The van der Waals surface area contributed by atoms with E-state index in [2.05, 4.69) is 12.2 Å². The molecular weight excluding hydrogens is 250 g/mol. The summed E-state index contributed by atoms with van der Waals surface area (Å²) in [5.41, 5.74) is 1.75. The lowest BCUT2D eigenvalue weighted by Gasteiger charge is -2.49. The van der Waals surface area contributed by atoms with Gasteiger partial charge < -0.3 is 10.4 Å². The molecule has 0 spiro atoms. The Hall–Kier alpha value is -1.35. The van der Waals surface area contributed by atoms with Gasteiger partial charge >= 0.3 is 0 Å². The lowest BCUT2D eigenvalue weighted by Crippen LogP contribution is -2.61. The van der Waals surface area contributed by atoms with Gasteiger partial charge in [0.1, 0.15) is 0 Å². The molecule has 0 aliphatic heterocycles. The van der Waals surface area contributed by atoms with Crippen molar-refractivity contribution in [3.63, 3.8) is 0 Å². The van der Waals surface area contributed by atoms with Crippen molar-refractivity contribution in [2.45, 2.75) is 58.6 Å². The molecule has 3 heteroatoms. The summed E-state index contributed by atoms with van der Waals surface area (Å²) in [6.07, 6.45) is 3.76. The number of hydrogen-bond acceptors (Lipinski definition) is 2. The van der Waals surface area contributed by atoms with Crippen LogP contribution in [0.3, 0.4) is 0 Å². The van der Waals surface area contributed by atoms with Crippen LogP contribution < -0.4 is 5.32 Å². The van der Waals surface area contributed by atoms with Gasteiger partial charge in [0.25, 0.3) is 5.91 Å². The number of benzene rings is 1. The van der Waals surface area contributed by atoms with Crippen molar-refractivity contribution in [2.24, 2.45) is 5.41 Å². The molecule has 2 N–H and O–H groups in total. The molecule has 2 rings (SSSR count). The van der Waals surface area contributed by atoms with Crippen molar-refractivity contribution >= 4 is 5.91 Å². The number of carbonyl (C=O) groups is 1.